The molecule has 0 radical (unpaired) electrons. The summed E-state index contributed by atoms with van der Waals surface area (Å²) in [4.78, 5) is 12.2. The van der Waals surface area contributed by atoms with Crippen LogP contribution in [-0.2, 0) is 21.4 Å². The van der Waals surface area contributed by atoms with Gasteiger partial charge in [0.2, 0.25) is 15.9 Å². The first-order valence-electron chi connectivity index (χ1n) is 8.15. The van der Waals surface area contributed by atoms with E-state index in [9.17, 15) is 13.2 Å². The van der Waals surface area contributed by atoms with E-state index in [1.807, 2.05) is 6.07 Å². The number of nitrogens with zero attached hydrogens (tertiary/aromatic N) is 1. The summed E-state index contributed by atoms with van der Waals surface area (Å²) in [5, 5.41) is 5.93. The van der Waals surface area contributed by atoms with Gasteiger partial charge < -0.3 is 10.6 Å². The van der Waals surface area contributed by atoms with Crippen LogP contribution in [0.2, 0.25) is 0 Å². The lowest BCUT2D eigenvalue weighted by atomic mass is 10.0. The summed E-state index contributed by atoms with van der Waals surface area (Å²) in [6.07, 6.45) is 2.93. The first-order valence-corrected chi connectivity index (χ1v) is 9.59. The van der Waals surface area contributed by atoms with Crippen LogP contribution in [0.25, 0.3) is 0 Å². The predicted octanol–water partition coefficient (Wildman–Crippen LogP) is 0.697. The Bertz CT molecular complexity index is 665. The van der Waals surface area contributed by atoms with Gasteiger partial charge in [-0.25, -0.2) is 8.42 Å². The number of hydrogen-bond donors (Lipinski definition) is 2. The topological polar surface area (TPSA) is 78.5 Å². The second-order valence-corrected chi connectivity index (χ2v) is 8.12. The van der Waals surface area contributed by atoms with Crippen molar-refractivity contribution < 1.29 is 13.2 Å². The first kappa shape index (κ1) is 16.4. The van der Waals surface area contributed by atoms with Crippen LogP contribution in [0.1, 0.15) is 24.8 Å². The van der Waals surface area contributed by atoms with Crippen molar-refractivity contribution in [2.24, 2.45) is 5.92 Å². The molecule has 23 heavy (non-hydrogen) atoms. The molecule has 0 bridgehead atoms. The lowest BCUT2D eigenvalue weighted by Crippen LogP contribution is -2.50. The van der Waals surface area contributed by atoms with E-state index in [0.717, 1.165) is 37.9 Å². The third-order valence-corrected chi connectivity index (χ3v) is 6.36. The quantitative estimate of drug-likeness (QED) is 0.829. The summed E-state index contributed by atoms with van der Waals surface area (Å²) in [6, 6.07) is 6.88. The van der Waals surface area contributed by atoms with Crippen molar-refractivity contribution in [3.63, 3.8) is 0 Å². The van der Waals surface area contributed by atoms with Crippen LogP contribution in [0.3, 0.4) is 0 Å². The number of carbonyl (C=O) groups excluding carboxylic acids is 1. The van der Waals surface area contributed by atoms with E-state index in [2.05, 4.69) is 10.6 Å². The molecule has 2 N–H and O–H groups in total. The molecule has 0 aromatic heterocycles. The molecule has 3 rings (SSSR count). The van der Waals surface area contributed by atoms with Gasteiger partial charge in [-0.1, -0.05) is 18.6 Å². The largest absolute Gasteiger partial charge is 0.352 e. The molecule has 2 fully saturated rings. The standard InChI is InChI=1S/C16H23N3O3S/c20-16(14-11-17-12-14)18-10-13-5-4-6-15(9-13)23(21,22)19-7-2-1-3-8-19/h4-6,9,14,17H,1-3,7-8,10-12H2,(H,18,20). The van der Waals surface area contributed by atoms with Crippen molar-refractivity contribution in [1.29, 1.82) is 0 Å². The van der Waals surface area contributed by atoms with Crippen molar-refractivity contribution in [2.75, 3.05) is 26.2 Å². The molecule has 2 aliphatic rings. The molecule has 126 valence electrons. The Labute approximate surface area is 137 Å². The van der Waals surface area contributed by atoms with E-state index in [1.54, 1.807) is 22.5 Å². The SMILES string of the molecule is O=C(NCc1cccc(S(=O)(=O)N2CCCCC2)c1)C1CNC1. The van der Waals surface area contributed by atoms with Gasteiger partial charge in [0.15, 0.2) is 0 Å². The van der Waals surface area contributed by atoms with E-state index in [0.29, 0.717) is 24.5 Å². The van der Waals surface area contributed by atoms with Crippen molar-refractivity contribution in [2.45, 2.75) is 30.7 Å². The van der Waals surface area contributed by atoms with Gasteiger partial charge in [0.25, 0.3) is 0 Å². The highest BCUT2D eigenvalue weighted by atomic mass is 32.2. The number of carbonyl (C=O) groups is 1. The lowest BCUT2D eigenvalue weighted by molar-refractivity contribution is -0.126. The van der Waals surface area contributed by atoms with Gasteiger partial charge in [-0.15, -0.1) is 0 Å². The van der Waals surface area contributed by atoms with Crippen molar-refractivity contribution >= 4 is 15.9 Å². The molecule has 7 heteroatoms. The van der Waals surface area contributed by atoms with Gasteiger partial charge >= 0.3 is 0 Å². The smallest absolute Gasteiger partial charge is 0.243 e. The second kappa shape index (κ2) is 6.98. The molecule has 0 unspecified atom stereocenters. The van der Waals surface area contributed by atoms with Crippen molar-refractivity contribution in [1.82, 2.24) is 14.9 Å². The van der Waals surface area contributed by atoms with Crippen LogP contribution in [-0.4, -0.2) is 44.8 Å². The molecule has 1 aromatic rings. The Hall–Kier alpha value is -1.44. The predicted molar refractivity (Wildman–Crippen MR) is 87.3 cm³/mol. The van der Waals surface area contributed by atoms with E-state index in [1.165, 1.54) is 0 Å². The van der Waals surface area contributed by atoms with Gasteiger partial charge in [0.1, 0.15) is 0 Å². The number of amides is 1. The fraction of sp³-hybridized carbons (Fsp3) is 0.562. The van der Waals surface area contributed by atoms with Crippen LogP contribution in [0.5, 0.6) is 0 Å². The van der Waals surface area contributed by atoms with Crippen LogP contribution in [0.4, 0.5) is 0 Å². The average molecular weight is 337 g/mol. The minimum absolute atomic E-state index is 0.0213. The average Bonchev–Trinajstić information content (AvgIpc) is 2.52. The van der Waals surface area contributed by atoms with E-state index in [-0.39, 0.29) is 11.8 Å². The maximum absolute atomic E-state index is 12.7. The molecule has 1 amide bonds. The summed E-state index contributed by atoms with van der Waals surface area (Å²) < 4.78 is 26.9. The van der Waals surface area contributed by atoms with E-state index < -0.39 is 10.0 Å². The molecule has 1 aromatic carbocycles. The fourth-order valence-corrected chi connectivity index (χ4v) is 4.47. The van der Waals surface area contributed by atoms with Crippen LogP contribution < -0.4 is 10.6 Å². The van der Waals surface area contributed by atoms with Crippen LogP contribution >= 0.6 is 0 Å². The minimum atomic E-state index is -3.42. The third kappa shape index (κ3) is 3.73. The highest BCUT2D eigenvalue weighted by Gasteiger charge is 2.26. The molecular formula is C16H23N3O3S. The maximum atomic E-state index is 12.7. The van der Waals surface area contributed by atoms with Crippen molar-refractivity contribution in [3.05, 3.63) is 29.8 Å². The Kier molecular flexibility index (Phi) is 4.99. The van der Waals surface area contributed by atoms with E-state index >= 15 is 0 Å². The minimum Gasteiger partial charge on any atom is -0.352 e. The van der Waals surface area contributed by atoms with Gasteiger partial charge in [-0.05, 0) is 30.5 Å². The number of hydrogen-bond acceptors (Lipinski definition) is 4. The van der Waals surface area contributed by atoms with Crippen molar-refractivity contribution in [3.8, 4) is 0 Å². The normalized spacial score (nSPS) is 20.0. The molecule has 0 atom stereocenters. The highest BCUT2D eigenvalue weighted by Crippen LogP contribution is 2.21. The molecule has 0 saturated carbocycles. The van der Waals surface area contributed by atoms with Gasteiger partial charge in [-0.2, -0.15) is 4.31 Å². The summed E-state index contributed by atoms with van der Waals surface area (Å²) >= 11 is 0. The molecule has 6 nitrogen and oxygen atoms in total. The zero-order valence-corrected chi connectivity index (χ0v) is 13.9. The highest BCUT2D eigenvalue weighted by molar-refractivity contribution is 7.89. The Morgan fingerprint density at radius 1 is 1.22 bits per heavy atom. The molecule has 0 spiro atoms. The molecular weight excluding hydrogens is 314 g/mol. The maximum Gasteiger partial charge on any atom is 0.243 e. The van der Waals surface area contributed by atoms with Crippen LogP contribution in [0.15, 0.2) is 29.2 Å². The number of rotatable bonds is 5. The number of piperidine rings is 1. The Balaban J connectivity index is 1.67. The molecule has 2 heterocycles. The van der Waals surface area contributed by atoms with E-state index in [4.69, 9.17) is 0 Å². The van der Waals surface area contributed by atoms with Crippen LogP contribution in [0, 0.1) is 5.92 Å². The zero-order chi connectivity index (χ0) is 16.3. The molecule has 2 saturated heterocycles. The number of benzene rings is 1. The third-order valence-electron chi connectivity index (χ3n) is 4.47. The van der Waals surface area contributed by atoms with Gasteiger partial charge in [0, 0.05) is 32.7 Å². The number of sulfonamides is 1. The monoisotopic (exact) mass is 337 g/mol. The van der Waals surface area contributed by atoms with Gasteiger partial charge in [0.05, 0.1) is 10.8 Å². The molecule has 2 aliphatic heterocycles. The second-order valence-electron chi connectivity index (χ2n) is 6.19. The summed E-state index contributed by atoms with van der Waals surface area (Å²) in [7, 11) is -3.42. The van der Waals surface area contributed by atoms with Gasteiger partial charge in [-0.3, -0.25) is 4.79 Å². The summed E-state index contributed by atoms with van der Waals surface area (Å²) in [5.41, 5.74) is 0.809. The summed E-state index contributed by atoms with van der Waals surface area (Å²) in [6.45, 7) is 2.99. The Morgan fingerprint density at radius 3 is 2.61 bits per heavy atom. The fourth-order valence-electron chi connectivity index (χ4n) is 2.88. The first-order chi connectivity index (χ1) is 11.1. The zero-order valence-electron chi connectivity index (χ0n) is 13.1. The summed E-state index contributed by atoms with van der Waals surface area (Å²) in [5.74, 6) is 0.0586. The number of nitrogens with one attached hydrogen (secondary N) is 2. The molecule has 0 aliphatic carbocycles. The lowest BCUT2D eigenvalue weighted by Gasteiger charge is -2.26. The Morgan fingerprint density at radius 2 is 1.96 bits per heavy atom.